The molecule has 1 aliphatic heterocycles. The highest BCUT2D eigenvalue weighted by Crippen LogP contribution is 2.33. The molecule has 0 aromatic heterocycles. The zero-order valence-electron chi connectivity index (χ0n) is 17.4. The van der Waals surface area contributed by atoms with Crippen molar-refractivity contribution in [3.63, 3.8) is 0 Å². The van der Waals surface area contributed by atoms with Crippen LogP contribution in [-0.4, -0.2) is 20.9 Å². The number of fused-ring (bicyclic) bond motifs is 1. The van der Waals surface area contributed by atoms with Crippen molar-refractivity contribution in [2.75, 3.05) is 16.2 Å². The van der Waals surface area contributed by atoms with E-state index in [1.807, 2.05) is 13.8 Å². The molecule has 0 bridgehead atoms. The fraction of sp³-hybridized carbons (Fsp3) is 0.208. The molecule has 1 N–H and O–H groups in total. The zero-order valence-corrected chi connectivity index (χ0v) is 18.9. The maximum atomic E-state index is 13.2. The van der Waals surface area contributed by atoms with Crippen LogP contribution in [0, 0.1) is 13.8 Å². The lowest BCUT2D eigenvalue weighted by Crippen LogP contribution is -2.35. The van der Waals surface area contributed by atoms with Gasteiger partial charge in [0.1, 0.15) is 0 Å². The van der Waals surface area contributed by atoms with Crippen LogP contribution < -0.4 is 9.62 Å². The molecule has 0 unspecified atom stereocenters. The average molecular weight is 455 g/mol. The van der Waals surface area contributed by atoms with Crippen molar-refractivity contribution < 1.29 is 13.2 Å². The van der Waals surface area contributed by atoms with E-state index in [-0.39, 0.29) is 10.8 Å². The molecule has 1 aliphatic rings. The summed E-state index contributed by atoms with van der Waals surface area (Å²) in [7, 11) is -3.66. The second-order valence-electron chi connectivity index (χ2n) is 7.75. The molecule has 31 heavy (non-hydrogen) atoms. The molecule has 0 aliphatic carbocycles. The first-order valence-electron chi connectivity index (χ1n) is 10.1. The number of hydrogen-bond acceptors (Lipinski definition) is 3. The number of halogens is 1. The summed E-state index contributed by atoms with van der Waals surface area (Å²) in [6.07, 6.45) is 1.41. The number of benzene rings is 3. The highest BCUT2D eigenvalue weighted by Gasteiger charge is 2.29. The van der Waals surface area contributed by atoms with E-state index in [1.54, 1.807) is 60.7 Å². The second kappa shape index (κ2) is 8.36. The Labute approximate surface area is 187 Å². The summed E-state index contributed by atoms with van der Waals surface area (Å²) in [5, 5.41) is 3.51. The third kappa shape index (κ3) is 4.31. The minimum absolute atomic E-state index is 0.244. The van der Waals surface area contributed by atoms with Gasteiger partial charge in [-0.15, -0.1) is 0 Å². The predicted octanol–water partition coefficient (Wildman–Crippen LogP) is 5.35. The van der Waals surface area contributed by atoms with Gasteiger partial charge in [0, 0.05) is 22.8 Å². The van der Waals surface area contributed by atoms with Gasteiger partial charge in [0.2, 0.25) is 0 Å². The van der Waals surface area contributed by atoms with E-state index < -0.39 is 10.0 Å². The minimum atomic E-state index is -3.66. The first-order valence-corrected chi connectivity index (χ1v) is 11.9. The SMILES string of the molecule is Cc1ccc(S(=O)(=O)N2CCCc3cc(C(=O)Nc4ccc(Cl)cc4C)ccc32)cc1. The summed E-state index contributed by atoms with van der Waals surface area (Å²) in [4.78, 5) is 13.1. The van der Waals surface area contributed by atoms with Crippen LogP contribution in [0.4, 0.5) is 11.4 Å². The van der Waals surface area contributed by atoms with Gasteiger partial charge in [0.05, 0.1) is 10.6 Å². The van der Waals surface area contributed by atoms with Crippen molar-refractivity contribution >= 4 is 38.9 Å². The normalized spacial score (nSPS) is 13.6. The molecule has 5 nitrogen and oxygen atoms in total. The summed E-state index contributed by atoms with van der Waals surface area (Å²) in [6, 6.07) is 17.3. The maximum absolute atomic E-state index is 13.2. The number of rotatable bonds is 4. The molecule has 0 saturated heterocycles. The van der Waals surface area contributed by atoms with Gasteiger partial charge in [-0.1, -0.05) is 29.3 Å². The number of hydrogen-bond donors (Lipinski definition) is 1. The summed E-state index contributed by atoms with van der Waals surface area (Å²) in [6.45, 7) is 4.21. The number of anilines is 2. The Morgan fingerprint density at radius 3 is 2.45 bits per heavy atom. The van der Waals surface area contributed by atoms with Crippen LogP contribution >= 0.6 is 11.6 Å². The first kappa shape index (κ1) is 21.4. The topological polar surface area (TPSA) is 66.5 Å². The van der Waals surface area contributed by atoms with Crippen molar-refractivity contribution in [2.45, 2.75) is 31.6 Å². The average Bonchev–Trinajstić information content (AvgIpc) is 2.75. The molecule has 7 heteroatoms. The molecular weight excluding hydrogens is 432 g/mol. The molecule has 0 atom stereocenters. The molecule has 3 aromatic carbocycles. The van der Waals surface area contributed by atoms with E-state index in [0.29, 0.717) is 34.9 Å². The number of nitrogens with zero attached hydrogens (tertiary/aromatic N) is 1. The Kier molecular flexibility index (Phi) is 5.77. The van der Waals surface area contributed by atoms with E-state index >= 15 is 0 Å². The standard InChI is InChI=1S/C24H23ClN2O3S/c1-16-5-9-21(10-6-16)31(29,30)27-13-3-4-18-15-19(7-12-23(18)27)24(28)26-22-11-8-20(25)14-17(22)2/h5-12,14-15H,3-4,13H2,1-2H3,(H,26,28). The van der Waals surface area contributed by atoms with Crippen molar-refractivity contribution in [1.29, 1.82) is 0 Å². The molecule has 0 saturated carbocycles. The van der Waals surface area contributed by atoms with Crippen LogP contribution in [0.15, 0.2) is 65.6 Å². The quantitative estimate of drug-likeness (QED) is 0.577. The van der Waals surface area contributed by atoms with Gasteiger partial charge >= 0.3 is 0 Å². The van der Waals surface area contributed by atoms with Gasteiger partial charge < -0.3 is 5.32 Å². The van der Waals surface area contributed by atoms with Crippen LogP contribution in [-0.2, 0) is 16.4 Å². The molecule has 0 spiro atoms. The second-order valence-corrected chi connectivity index (χ2v) is 10.0. The summed E-state index contributed by atoms with van der Waals surface area (Å²) in [5.41, 5.74) is 4.53. The monoisotopic (exact) mass is 454 g/mol. The maximum Gasteiger partial charge on any atom is 0.264 e. The van der Waals surface area contributed by atoms with Crippen LogP contribution in [0.5, 0.6) is 0 Å². The van der Waals surface area contributed by atoms with Gasteiger partial charge in [-0.2, -0.15) is 0 Å². The van der Waals surface area contributed by atoms with E-state index in [1.165, 1.54) is 4.31 Å². The molecule has 4 rings (SSSR count). The van der Waals surface area contributed by atoms with Crippen LogP contribution in [0.2, 0.25) is 5.02 Å². The van der Waals surface area contributed by atoms with Gasteiger partial charge in [-0.25, -0.2) is 8.42 Å². The highest BCUT2D eigenvalue weighted by molar-refractivity contribution is 7.92. The Balaban J connectivity index is 1.62. The third-order valence-corrected chi connectivity index (χ3v) is 7.53. The van der Waals surface area contributed by atoms with Crippen molar-refractivity contribution in [1.82, 2.24) is 0 Å². The lowest BCUT2D eigenvalue weighted by Gasteiger charge is -2.30. The summed E-state index contributed by atoms with van der Waals surface area (Å²) >= 11 is 5.99. The summed E-state index contributed by atoms with van der Waals surface area (Å²) < 4.78 is 27.9. The van der Waals surface area contributed by atoms with Crippen LogP contribution in [0.1, 0.15) is 33.5 Å². The van der Waals surface area contributed by atoms with Crippen LogP contribution in [0.3, 0.4) is 0 Å². The number of nitrogens with one attached hydrogen (secondary N) is 1. The van der Waals surface area contributed by atoms with Gasteiger partial charge in [0.15, 0.2) is 0 Å². The zero-order chi connectivity index (χ0) is 22.2. The van der Waals surface area contributed by atoms with E-state index in [0.717, 1.165) is 23.1 Å². The number of aryl methyl sites for hydroxylation is 3. The summed E-state index contributed by atoms with van der Waals surface area (Å²) in [5.74, 6) is -0.244. The van der Waals surface area contributed by atoms with Crippen molar-refractivity contribution in [3.8, 4) is 0 Å². The van der Waals surface area contributed by atoms with Gasteiger partial charge in [-0.05, 0) is 86.3 Å². The van der Waals surface area contributed by atoms with E-state index in [9.17, 15) is 13.2 Å². The Bertz CT molecular complexity index is 1250. The van der Waals surface area contributed by atoms with Crippen LogP contribution in [0.25, 0.3) is 0 Å². The Morgan fingerprint density at radius 2 is 1.74 bits per heavy atom. The number of carbonyl (C=O) groups excluding carboxylic acids is 1. The highest BCUT2D eigenvalue weighted by atomic mass is 35.5. The van der Waals surface area contributed by atoms with Gasteiger partial charge in [0.25, 0.3) is 15.9 Å². The smallest absolute Gasteiger partial charge is 0.264 e. The number of sulfonamides is 1. The fourth-order valence-electron chi connectivity index (χ4n) is 3.75. The van der Waals surface area contributed by atoms with Crippen molar-refractivity contribution in [3.05, 3.63) is 87.9 Å². The molecule has 0 fully saturated rings. The Hall–Kier alpha value is -2.83. The predicted molar refractivity (Wildman–Crippen MR) is 125 cm³/mol. The van der Waals surface area contributed by atoms with Crippen molar-refractivity contribution in [2.24, 2.45) is 0 Å². The molecular formula is C24H23ClN2O3S. The molecule has 0 radical (unpaired) electrons. The Morgan fingerprint density at radius 1 is 1.00 bits per heavy atom. The van der Waals surface area contributed by atoms with Gasteiger partial charge in [-0.3, -0.25) is 9.10 Å². The lowest BCUT2D eigenvalue weighted by atomic mass is 10.0. The molecule has 1 heterocycles. The largest absolute Gasteiger partial charge is 0.322 e. The minimum Gasteiger partial charge on any atom is -0.322 e. The lowest BCUT2D eigenvalue weighted by molar-refractivity contribution is 0.102. The first-order chi connectivity index (χ1) is 14.8. The number of amides is 1. The van der Waals surface area contributed by atoms with E-state index in [4.69, 9.17) is 11.6 Å². The third-order valence-electron chi connectivity index (χ3n) is 5.46. The molecule has 1 amide bonds. The fourth-order valence-corrected chi connectivity index (χ4v) is 5.52. The molecule has 160 valence electrons. The molecule has 3 aromatic rings. The number of carbonyl (C=O) groups is 1. The van der Waals surface area contributed by atoms with E-state index in [2.05, 4.69) is 5.32 Å².